The number of amides is 1. The van der Waals surface area contributed by atoms with E-state index in [1.54, 1.807) is 19.1 Å². The van der Waals surface area contributed by atoms with Crippen LogP contribution in [0, 0.1) is 12.7 Å². The second kappa shape index (κ2) is 8.74. The molecule has 21 heavy (non-hydrogen) atoms. The van der Waals surface area contributed by atoms with Gasteiger partial charge in [0.2, 0.25) is 5.91 Å². The molecule has 1 atom stereocenters. The van der Waals surface area contributed by atoms with Crippen molar-refractivity contribution in [3.05, 3.63) is 29.6 Å². The number of carbonyl (C=O) groups is 1. The highest BCUT2D eigenvalue weighted by atomic mass is 19.1. The highest BCUT2D eigenvalue weighted by Gasteiger charge is 2.09. The summed E-state index contributed by atoms with van der Waals surface area (Å²) in [6.45, 7) is 7.77. The van der Waals surface area contributed by atoms with E-state index in [0.29, 0.717) is 30.8 Å². The van der Waals surface area contributed by atoms with E-state index < -0.39 is 0 Å². The zero-order valence-corrected chi connectivity index (χ0v) is 13.3. The minimum atomic E-state index is -0.310. The van der Waals surface area contributed by atoms with Crippen LogP contribution >= 0.6 is 0 Å². The van der Waals surface area contributed by atoms with Crippen LogP contribution in [-0.4, -0.2) is 43.7 Å². The number of aryl methyl sites for hydroxylation is 1. The van der Waals surface area contributed by atoms with Crippen molar-refractivity contribution >= 4 is 11.6 Å². The highest BCUT2D eigenvalue weighted by molar-refractivity contribution is 5.90. The molecule has 118 valence electrons. The van der Waals surface area contributed by atoms with Gasteiger partial charge < -0.3 is 15.0 Å². The number of likely N-dealkylation sites (N-methyl/N-ethyl adjacent to an activating group) is 1. The molecule has 0 unspecified atom stereocenters. The molecule has 0 radical (unpaired) electrons. The molecular formula is C16H25FN2O2. The van der Waals surface area contributed by atoms with Crippen molar-refractivity contribution in [3.63, 3.8) is 0 Å². The molecule has 0 spiro atoms. The van der Waals surface area contributed by atoms with Crippen molar-refractivity contribution in [1.29, 1.82) is 0 Å². The van der Waals surface area contributed by atoms with E-state index in [2.05, 4.69) is 10.2 Å². The molecule has 0 fully saturated rings. The summed E-state index contributed by atoms with van der Waals surface area (Å²) in [5, 5.41) is 2.71. The third kappa shape index (κ3) is 6.69. The maximum absolute atomic E-state index is 13.4. The predicted octanol–water partition coefficient (Wildman–Crippen LogP) is 2.82. The average Bonchev–Trinajstić information content (AvgIpc) is 2.41. The molecule has 1 amide bonds. The lowest BCUT2D eigenvalue weighted by atomic mass is 10.2. The van der Waals surface area contributed by atoms with Gasteiger partial charge in [-0.05, 0) is 45.5 Å². The van der Waals surface area contributed by atoms with Crippen molar-refractivity contribution < 1.29 is 13.9 Å². The van der Waals surface area contributed by atoms with E-state index in [-0.39, 0.29) is 17.8 Å². The van der Waals surface area contributed by atoms with E-state index in [0.717, 1.165) is 6.54 Å². The Morgan fingerprint density at radius 3 is 2.81 bits per heavy atom. The summed E-state index contributed by atoms with van der Waals surface area (Å²) in [5.74, 6) is -0.426. The number of hydrogen-bond donors (Lipinski definition) is 1. The van der Waals surface area contributed by atoms with Crippen LogP contribution < -0.4 is 5.32 Å². The normalized spacial score (nSPS) is 12.5. The summed E-state index contributed by atoms with van der Waals surface area (Å²) < 4.78 is 18.8. The lowest BCUT2D eigenvalue weighted by molar-refractivity contribution is -0.116. The Bertz CT molecular complexity index is 466. The van der Waals surface area contributed by atoms with Gasteiger partial charge in [-0.25, -0.2) is 4.39 Å². The largest absolute Gasteiger partial charge is 0.377 e. The molecular weight excluding hydrogens is 271 g/mol. The van der Waals surface area contributed by atoms with Crippen LogP contribution in [0.2, 0.25) is 0 Å². The number of halogens is 1. The lowest BCUT2D eigenvalue weighted by Crippen LogP contribution is -2.31. The quantitative estimate of drug-likeness (QED) is 0.802. The van der Waals surface area contributed by atoms with Gasteiger partial charge in [0, 0.05) is 31.8 Å². The maximum atomic E-state index is 13.4. The number of carbonyl (C=O) groups excluding carboxylic acids is 1. The van der Waals surface area contributed by atoms with E-state index >= 15 is 0 Å². The third-order valence-electron chi connectivity index (χ3n) is 3.20. The van der Waals surface area contributed by atoms with Gasteiger partial charge in [0.15, 0.2) is 0 Å². The first-order valence-corrected chi connectivity index (χ1v) is 7.28. The maximum Gasteiger partial charge on any atom is 0.225 e. The third-order valence-corrected chi connectivity index (χ3v) is 3.20. The van der Waals surface area contributed by atoms with E-state index in [1.165, 1.54) is 6.07 Å². The molecule has 0 bridgehead atoms. The number of hydrogen-bond acceptors (Lipinski definition) is 3. The van der Waals surface area contributed by atoms with Crippen molar-refractivity contribution in [1.82, 2.24) is 4.90 Å². The number of nitrogens with zero attached hydrogens (tertiary/aromatic N) is 1. The highest BCUT2D eigenvalue weighted by Crippen LogP contribution is 2.13. The molecule has 1 N–H and O–H groups in total. The van der Waals surface area contributed by atoms with Gasteiger partial charge in [-0.15, -0.1) is 0 Å². The Morgan fingerprint density at radius 2 is 2.19 bits per heavy atom. The molecule has 1 rings (SSSR count). The first-order chi connectivity index (χ1) is 9.92. The Labute approximate surface area is 126 Å². The summed E-state index contributed by atoms with van der Waals surface area (Å²) in [6.07, 6.45) is 0.513. The van der Waals surface area contributed by atoms with Crippen LogP contribution in [0.4, 0.5) is 10.1 Å². The first-order valence-electron chi connectivity index (χ1n) is 7.28. The van der Waals surface area contributed by atoms with Crippen LogP contribution in [0.1, 0.15) is 25.8 Å². The lowest BCUT2D eigenvalue weighted by Gasteiger charge is -2.20. The van der Waals surface area contributed by atoms with Crippen molar-refractivity contribution in [2.75, 3.05) is 32.1 Å². The number of rotatable bonds is 8. The molecule has 0 saturated heterocycles. The van der Waals surface area contributed by atoms with Crippen molar-refractivity contribution in [3.8, 4) is 0 Å². The molecule has 0 aliphatic carbocycles. The van der Waals surface area contributed by atoms with Gasteiger partial charge in [0.25, 0.3) is 0 Å². The smallest absolute Gasteiger partial charge is 0.225 e. The van der Waals surface area contributed by atoms with Crippen LogP contribution in [0.3, 0.4) is 0 Å². The zero-order chi connectivity index (χ0) is 15.8. The summed E-state index contributed by atoms with van der Waals surface area (Å²) in [4.78, 5) is 13.9. The second-order valence-corrected chi connectivity index (χ2v) is 5.29. The predicted molar refractivity (Wildman–Crippen MR) is 83.0 cm³/mol. The molecule has 1 aromatic rings. The van der Waals surface area contributed by atoms with Gasteiger partial charge >= 0.3 is 0 Å². The SMILES string of the molecule is CCO[C@@H](C)CN(C)CCC(=O)Nc1ccc(C)c(F)c1. The Balaban J connectivity index is 2.35. The van der Waals surface area contributed by atoms with Crippen LogP contribution in [0.15, 0.2) is 18.2 Å². The molecule has 0 aliphatic rings. The number of benzene rings is 1. The molecule has 0 saturated carbocycles. The van der Waals surface area contributed by atoms with Gasteiger partial charge in [0.1, 0.15) is 5.82 Å². The molecule has 0 heterocycles. The molecule has 5 heteroatoms. The minimum absolute atomic E-state index is 0.117. The Kier molecular flexibility index (Phi) is 7.32. The van der Waals surface area contributed by atoms with Crippen LogP contribution in [0.5, 0.6) is 0 Å². The van der Waals surface area contributed by atoms with E-state index in [4.69, 9.17) is 4.74 Å². The Morgan fingerprint density at radius 1 is 1.48 bits per heavy atom. The van der Waals surface area contributed by atoms with Crippen LogP contribution in [-0.2, 0) is 9.53 Å². The number of nitrogens with one attached hydrogen (secondary N) is 1. The average molecular weight is 296 g/mol. The fourth-order valence-corrected chi connectivity index (χ4v) is 2.05. The molecule has 0 aliphatic heterocycles. The number of anilines is 1. The standard InChI is InChI=1S/C16H25FN2O2/c1-5-21-13(3)11-19(4)9-8-16(20)18-14-7-6-12(2)15(17)10-14/h6-7,10,13H,5,8-9,11H2,1-4H3,(H,18,20)/t13-/m0/s1. The summed E-state index contributed by atoms with van der Waals surface area (Å²) in [7, 11) is 1.95. The minimum Gasteiger partial charge on any atom is -0.377 e. The van der Waals surface area contributed by atoms with E-state index in [9.17, 15) is 9.18 Å². The Hall–Kier alpha value is -1.46. The fourth-order valence-electron chi connectivity index (χ4n) is 2.05. The molecule has 0 aromatic heterocycles. The number of ether oxygens (including phenoxy) is 1. The van der Waals surface area contributed by atoms with Gasteiger partial charge in [-0.3, -0.25) is 4.79 Å². The summed E-state index contributed by atoms with van der Waals surface area (Å²) in [5.41, 5.74) is 1.06. The van der Waals surface area contributed by atoms with Gasteiger partial charge in [-0.2, -0.15) is 0 Å². The van der Waals surface area contributed by atoms with Gasteiger partial charge in [-0.1, -0.05) is 6.07 Å². The van der Waals surface area contributed by atoms with Crippen molar-refractivity contribution in [2.45, 2.75) is 33.3 Å². The van der Waals surface area contributed by atoms with Crippen LogP contribution in [0.25, 0.3) is 0 Å². The topological polar surface area (TPSA) is 41.6 Å². The molecule has 1 aromatic carbocycles. The van der Waals surface area contributed by atoms with Crippen molar-refractivity contribution in [2.24, 2.45) is 0 Å². The monoisotopic (exact) mass is 296 g/mol. The van der Waals surface area contributed by atoms with Gasteiger partial charge in [0.05, 0.1) is 6.10 Å². The fraction of sp³-hybridized carbons (Fsp3) is 0.562. The first kappa shape index (κ1) is 17.6. The summed E-state index contributed by atoms with van der Waals surface area (Å²) >= 11 is 0. The zero-order valence-electron chi connectivity index (χ0n) is 13.3. The van der Waals surface area contributed by atoms with E-state index in [1.807, 2.05) is 20.9 Å². The summed E-state index contributed by atoms with van der Waals surface area (Å²) in [6, 6.07) is 4.70. The second-order valence-electron chi connectivity index (χ2n) is 5.29. The molecule has 4 nitrogen and oxygen atoms in total.